The van der Waals surface area contributed by atoms with Gasteiger partial charge < -0.3 is 24.8 Å². The lowest BCUT2D eigenvalue weighted by molar-refractivity contribution is -0.190. The minimum atomic E-state index is -0.333. The van der Waals surface area contributed by atoms with Gasteiger partial charge in [0.25, 0.3) is 0 Å². The number of hydrogen-bond donors (Lipinski definition) is 1. The predicted octanol–water partition coefficient (Wildman–Crippen LogP) is 1.57. The minimum Gasteiger partial charge on any atom is -0.378 e. The van der Waals surface area contributed by atoms with Crippen molar-refractivity contribution in [3.05, 3.63) is 0 Å². The molecule has 1 aliphatic carbocycles. The third kappa shape index (κ3) is 4.46. The molecule has 2 heterocycles. The number of hydrogen-bond acceptors (Lipinski definition) is 4. The minimum absolute atomic E-state index is 0. The summed E-state index contributed by atoms with van der Waals surface area (Å²) in [5.41, 5.74) is 6.04. The Hall–Kier alpha value is -0.120. The number of nitrogens with zero attached hydrogens (tertiary/aromatic N) is 2. The van der Waals surface area contributed by atoms with E-state index in [0.29, 0.717) is 19.1 Å². The van der Waals surface area contributed by atoms with Gasteiger partial charge in [-0.1, -0.05) is 6.92 Å². The zero-order valence-electron chi connectivity index (χ0n) is 13.3. The van der Waals surface area contributed by atoms with E-state index in [9.17, 15) is 0 Å². The van der Waals surface area contributed by atoms with E-state index in [1.165, 1.54) is 12.8 Å². The molecular weight excluding hydrogens is 397 g/mol. The number of rotatable bonds is 2. The van der Waals surface area contributed by atoms with E-state index < -0.39 is 0 Å². The van der Waals surface area contributed by atoms with E-state index in [1.54, 1.807) is 0 Å². The Morgan fingerprint density at radius 1 is 1.27 bits per heavy atom. The lowest BCUT2D eigenvalue weighted by atomic mass is 9.86. The molecule has 7 heteroatoms. The summed E-state index contributed by atoms with van der Waals surface area (Å²) in [6.07, 6.45) is 4.43. The molecule has 22 heavy (non-hydrogen) atoms. The van der Waals surface area contributed by atoms with Crippen molar-refractivity contribution >= 4 is 29.9 Å². The fourth-order valence-corrected chi connectivity index (χ4v) is 3.26. The summed E-state index contributed by atoms with van der Waals surface area (Å²) in [5.74, 6) is 1.05. The first kappa shape index (κ1) is 18.2. The van der Waals surface area contributed by atoms with E-state index in [4.69, 9.17) is 19.9 Å². The molecule has 3 aliphatic rings. The number of morpholine rings is 1. The van der Waals surface area contributed by atoms with E-state index in [-0.39, 0.29) is 35.9 Å². The molecule has 0 amide bonds. The van der Waals surface area contributed by atoms with Crippen LogP contribution in [0.1, 0.15) is 32.6 Å². The van der Waals surface area contributed by atoms with Crippen molar-refractivity contribution in [3.8, 4) is 0 Å². The van der Waals surface area contributed by atoms with E-state index >= 15 is 0 Å². The lowest BCUT2D eigenvalue weighted by Crippen LogP contribution is -2.45. The van der Waals surface area contributed by atoms with Crippen LogP contribution in [0.2, 0.25) is 0 Å². The normalized spacial score (nSPS) is 36.4. The van der Waals surface area contributed by atoms with Gasteiger partial charge in [-0.25, -0.2) is 0 Å². The Bertz CT molecular complexity index is 380. The first-order valence-corrected chi connectivity index (χ1v) is 8.11. The Morgan fingerprint density at radius 3 is 2.64 bits per heavy atom. The van der Waals surface area contributed by atoms with Crippen LogP contribution in [0.3, 0.4) is 0 Å². The van der Waals surface area contributed by atoms with Crippen molar-refractivity contribution in [2.45, 2.75) is 44.5 Å². The van der Waals surface area contributed by atoms with Crippen LogP contribution in [-0.2, 0) is 14.2 Å². The number of aliphatic imine (C=N–C) groups is 1. The number of nitrogens with two attached hydrogens (primary N) is 1. The van der Waals surface area contributed by atoms with Gasteiger partial charge in [0.1, 0.15) is 6.10 Å². The summed E-state index contributed by atoms with van der Waals surface area (Å²) in [6.45, 7) is 6.60. The molecule has 128 valence electrons. The van der Waals surface area contributed by atoms with Gasteiger partial charge in [-0.15, -0.1) is 24.0 Å². The van der Waals surface area contributed by atoms with Crippen LogP contribution in [0.5, 0.6) is 0 Å². The first-order valence-electron chi connectivity index (χ1n) is 8.11. The SMILES string of the molecule is CC1CCC2(CC1)OCC(CN=C(N)N1CCOCC1)O2.I. The van der Waals surface area contributed by atoms with Crippen LogP contribution >= 0.6 is 24.0 Å². The van der Waals surface area contributed by atoms with Gasteiger partial charge >= 0.3 is 0 Å². The molecule has 6 nitrogen and oxygen atoms in total. The van der Waals surface area contributed by atoms with Gasteiger partial charge in [-0.05, 0) is 18.8 Å². The van der Waals surface area contributed by atoms with Crippen molar-refractivity contribution < 1.29 is 14.2 Å². The summed E-state index contributed by atoms with van der Waals surface area (Å²) in [5, 5.41) is 0. The molecule has 2 N–H and O–H groups in total. The third-order valence-electron chi connectivity index (χ3n) is 4.74. The first-order chi connectivity index (χ1) is 10.2. The molecule has 1 unspecified atom stereocenters. The van der Waals surface area contributed by atoms with E-state index in [1.807, 2.05) is 0 Å². The zero-order chi connectivity index (χ0) is 14.7. The van der Waals surface area contributed by atoms with Gasteiger partial charge in [0.15, 0.2) is 11.7 Å². The summed E-state index contributed by atoms with van der Waals surface area (Å²) in [4.78, 5) is 6.55. The molecule has 0 radical (unpaired) electrons. The average molecular weight is 425 g/mol. The number of ether oxygens (including phenoxy) is 3. The largest absolute Gasteiger partial charge is 0.378 e. The Labute approximate surface area is 149 Å². The standard InChI is InChI=1S/C15H27N3O3.HI/c1-12-2-4-15(5-3-12)20-11-13(21-15)10-17-14(16)18-6-8-19-9-7-18;/h12-13H,2-11H2,1H3,(H2,16,17);1H. The molecule has 0 aromatic rings. The van der Waals surface area contributed by atoms with Gasteiger partial charge in [-0.2, -0.15) is 0 Å². The van der Waals surface area contributed by atoms with Gasteiger partial charge in [0.05, 0.1) is 26.4 Å². The summed E-state index contributed by atoms with van der Waals surface area (Å²) >= 11 is 0. The van der Waals surface area contributed by atoms with Crippen LogP contribution in [-0.4, -0.2) is 62.2 Å². The van der Waals surface area contributed by atoms with Crippen molar-refractivity contribution in [3.63, 3.8) is 0 Å². The van der Waals surface area contributed by atoms with E-state index in [0.717, 1.165) is 45.1 Å². The van der Waals surface area contributed by atoms with Crippen LogP contribution in [0.15, 0.2) is 4.99 Å². The second kappa shape index (κ2) is 8.12. The predicted molar refractivity (Wildman–Crippen MR) is 95.5 cm³/mol. The van der Waals surface area contributed by atoms with Gasteiger partial charge in [-0.3, -0.25) is 4.99 Å². The molecule has 1 saturated carbocycles. The molecule has 1 atom stereocenters. The highest BCUT2D eigenvalue weighted by molar-refractivity contribution is 14.0. The fraction of sp³-hybridized carbons (Fsp3) is 0.933. The summed E-state index contributed by atoms with van der Waals surface area (Å²) in [7, 11) is 0. The van der Waals surface area contributed by atoms with Crippen LogP contribution < -0.4 is 5.73 Å². The smallest absolute Gasteiger partial charge is 0.191 e. The lowest BCUT2D eigenvalue weighted by Gasteiger charge is -2.34. The van der Waals surface area contributed by atoms with Gasteiger partial charge in [0, 0.05) is 25.9 Å². The molecule has 2 saturated heterocycles. The summed E-state index contributed by atoms with van der Waals surface area (Å²) < 4.78 is 17.4. The monoisotopic (exact) mass is 425 g/mol. The molecule has 3 fully saturated rings. The molecule has 0 aromatic carbocycles. The Morgan fingerprint density at radius 2 is 1.95 bits per heavy atom. The highest BCUT2D eigenvalue weighted by Crippen LogP contribution is 2.39. The maximum Gasteiger partial charge on any atom is 0.191 e. The maximum absolute atomic E-state index is 6.15. The number of halogens is 1. The molecular formula is C15H28IN3O3. The molecule has 1 spiro atoms. The van der Waals surface area contributed by atoms with Crippen molar-refractivity contribution in [2.75, 3.05) is 39.5 Å². The second-order valence-electron chi connectivity index (χ2n) is 6.44. The van der Waals surface area contributed by atoms with Crippen LogP contribution in [0.25, 0.3) is 0 Å². The molecule has 0 bridgehead atoms. The third-order valence-corrected chi connectivity index (χ3v) is 4.74. The van der Waals surface area contributed by atoms with E-state index in [2.05, 4.69) is 16.8 Å². The van der Waals surface area contributed by atoms with Crippen LogP contribution in [0, 0.1) is 5.92 Å². The van der Waals surface area contributed by atoms with Crippen molar-refractivity contribution in [1.82, 2.24) is 4.90 Å². The Balaban J connectivity index is 0.00000176. The number of guanidine groups is 1. The Kier molecular flexibility index (Phi) is 6.73. The van der Waals surface area contributed by atoms with Crippen LogP contribution in [0.4, 0.5) is 0 Å². The molecule has 0 aromatic heterocycles. The quantitative estimate of drug-likeness (QED) is 0.413. The van der Waals surface area contributed by atoms with Gasteiger partial charge in [0.2, 0.25) is 0 Å². The topological polar surface area (TPSA) is 69.3 Å². The highest BCUT2D eigenvalue weighted by atomic mass is 127. The van der Waals surface area contributed by atoms with Crippen molar-refractivity contribution in [2.24, 2.45) is 16.6 Å². The maximum atomic E-state index is 6.15. The van der Waals surface area contributed by atoms with Crippen molar-refractivity contribution in [1.29, 1.82) is 0 Å². The molecule has 2 aliphatic heterocycles. The summed E-state index contributed by atoms with van der Waals surface area (Å²) in [6, 6.07) is 0. The zero-order valence-corrected chi connectivity index (χ0v) is 15.7. The average Bonchev–Trinajstić information content (AvgIpc) is 2.92. The highest BCUT2D eigenvalue weighted by Gasteiger charge is 2.43. The second-order valence-corrected chi connectivity index (χ2v) is 6.44. The fourth-order valence-electron chi connectivity index (χ4n) is 3.26. The molecule has 3 rings (SSSR count).